The van der Waals surface area contributed by atoms with Gasteiger partial charge in [0, 0.05) is 12.6 Å². The summed E-state index contributed by atoms with van der Waals surface area (Å²) in [5.41, 5.74) is 0. The molecule has 0 radical (unpaired) electrons. The van der Waals surface area contributed by atoms with Crippen molar-refractivity contribution >= 4 is 11.8 Å². The summed E-state index contributed by atoms with van der Waals surface area (Å²) in [6.45, 7) is 7.21. The van der Waals surface area contributed by atoms with Crippen molar-refractivity contribution in [3.8, 4) is 0 Å². The number of likely N-dealkylation sites (tertiary alicyclic amines) is 1. The van der Waals surface area contributed by atoms with Gasteiger partial charge in [0.2, 0.25) is 0 Å². The molecule has 1 atom stereocenters. The predicted octanol–water partition coefficient (Wildman–Crippen LogP) is 2.20. The minimum Gasteiger partial charge on any atom is -0.313 e. The Balaban J connectivity index is 1.94. The van der Waals surface area contributed by atoms with Crippen LogP contribution in [0.1, 0.15) is 32.6 Å². The van der Waals surface area contributed by atoms with Crippen LogP contribution in [0.15, 0.2) is 0 Å². The number of likely N-dealkylation sites (N-methyl/N-ethyl adjacent to an activating group) is 1. The predicted molar refractivity (Wildman–Crippen MR) is 70.8 cm³/mol. The number of nitrogens with one attached hydrogen (secondary N) is 1. The minimum absolute atomic E-state index is 0.765. The first-order valence-corrected chi connectivity index (χ1v) is 7.71. The third-order valence-electron chi connectivity index (χ3n) is 3.09. The zero-order valence-electron chi connectivity index (χ0n) is 10.3. The van der Waals surface area contributed by atoms with Crippen LogP contribution in [0.2, 0.25) is 0 Å². The van der Waals surface area contributed by atoms with Gasteiger partial charge in [0.1, 0.15) is 0 Å². The van der Waals surface area contributed by atoms with Gasteiger partial charge in [0.15, 0.2) is 0 Å². The Morgan fingerprint density at radius 3 is 2.93 bits per heavy atom. The number of hydrogen-bond acceptors (Lipinski definition) is 3. The molecule has 90 valence electrons. The average molecular weight is 230 g/mol. The molecule has 1 aliphatic heterocycles. The molecule has 1 heterocycles. The van der Waals surface area contributed by atoms with Crippen LogP contribution >= 0.6 is 11.8 Å². The second-order valence-electron chi connectivity index (χ2n) is 4.40. The fourth-order valence-electron chi connectivity index (χ4n) is 2.25. The van der Waals surface area contributed by atoms with Crippen LogP contribution < -0.4 is 5.32 Å². The Kier molecular flexibility index (Phi) is 7.49. The quantitative estimate of drug-likeness (QED) is 0.644. The fourth-order valence-corrected chi connectivity index (χ4v) is 2.74. The molecule has 0 aromatic carbocycles. The fraction of sp³-hybridized carbons (Fsp3) is 1.00. The molecule has 1 N–H and O–H groups in total. The highest BCUT2D eigenvalue weighted by molar-refractivity contribution is 7.98. The van der Waals surface area contributed by atoms with Crippen molar-refractivity contribution < 1.29 is 0 Å². The van der Waals surface area contributed by atoms with Crippen molar-refractivity contribution in [1.82, 2.24) is 10.2 Å². The molecule has 1 aliphatic rings. The van der Waals surface area contributed by atoms with Crippen LogP contribution in [0.25, 0.3) is 0 Å². The zero-order valence-corrected chi connectivity index (χ0v) is 11.1. The molecule has 1 fully saturated rings. The van der Waals surface area contributed by atoms with Crippen molar-refractivity contribution in [2.75, 3.05) is 38.2 Å². The van der Waals surface area contributed by atoms with Crippen LogP contribution in [0.3, 0.4) is 0 Å². The lowest BCUT2D eigenvalue weighted by molar-refractivity contribution is 0.320. The summed E-state index contributed by atoms with van der Waals surface area (Å²) in [7, 11) is 0. The van der Waals surface area contributed by atoms with Gasteiger partial charge < -0.3 is 10.2 Å². The Bertz CT molecular complexity index is 153. The van der Waals surface area contributed by atoms with Crippen LogP contribution in [0.4, 0.5) is 0 Å². The number of thioether (sulfide) groups is 1. The molecule has 0 bridgehead atoms. The van der Waals surface area contributed by atoms with E-state index in [1.54, 1.807) is 0 Å². The lowest BCUT2D eigenvalue weighted by atomic mass is 10.2. The summed E-state index contributed by atoms with van der Waals surface area (Å²) in [5, 5.41) is 3.54. The molecule has 15 heavy (non-hydrogen) atoms. The molecular formula is C12H26N2S. The second kappa shape index (κ2) is 8.43. The minimum atomic E-state index is 0.765. The first kappa shape index (κ1) is 13.3. The van der Waals surface area contributed by atoms with E-state index < -0.39 is 0 Å². The molecule has 1 unspecified atom stereocenters. The molecule has 0 spiro atoms. The molecule has 0 aromatic rings. The van der Waals surface area contributed by atoms with E-state index in [1.807, 2.05) is 11.8 Å². The number of hydrogen-bond donors (Lipinski definition) is 1. The van der Waals surface area contributed by atoms with E-state index in [0.717, 1.165) is 12.6 Å². The van der Waals surface area contributed by atoms with Gasteiger partial charge in [-0.1, -0.05) is 13.3 Å². The summed E-state index contributed by atoms with van der Waals surface area (Å²) in [5.74, 6) is 1.33. The largest absolute Gasteiger partial charge is 0.313 e. The van der Waals surface area contributed by atoms with Gasteiger partial charge in [-0.3, -0.25) is 0 Å². The molecular weight excluding hydrogens is 204 g/mol. The summed E-state index contributed by atoms with van der Waals surface area (Å²) in [4.78, 5) is 2.62. The monoisotopic (exact) mass is 230 g/mol. The van der Waals surface area contributed by atoms with E-state index >= 15 is 0 Å². The maximum Gasteiger partial charge on any atom is 0.0207 e. The Morgan fingerprint density at radius 2 is 2.20 bits per heavy atom. The van der Waals surface area contributed by atoms with Crippen molar-refractivity contribution in [3.63, 3.8) is 0 Å². The summed E-state index contributed by atoms with van der Waals surface area (Å²) < 4.78 is 0. The molecule has 2 nitrogen and oxygen atoms in total. The van der Waals surface area contributed by atoms with Gasteiger partial charge in [-0.05, 0) is 50.9 Å². The third kappa shape index (κ3) is 5.79. The summed E-state index contributed by atoms with van der Waals surface area (Å²) >= 11 is 1.97. The lowest BCUT2D eigenvalue weighted by Crippen LogP contribution is -2.32. The van der Waals surface area contributed by atoms with Crippen LogP contribution in [0.5, 0.6) is 0 Å². The Hall–Kier alpha value is 0.270. The third-order valence-corrected chi connectivity index (χ3v) is 3.78. The molecule has 1 saturated heterocycles. The highest BCUT2D eigenvalue weighted by atomic mass is 32.2. The van der Waals surface area contributed by atoms with Crippen molar-refractivity contribution in [3.05, 3.63) is 0 Å². The maximum absolute atomic E-state index is 3.54. The maximum atomic E-state index is 3.54. The number of rotatable bonds is 8. The van der Waals surface area contributed by atoms with Crippen molar-refractivity contribution in [1.29, 1.82) is 0 Å². The van der Waals surface area contributed by atoms with Gasteiger partial charge in [-0.15, -0.1) is 0 Å². The highest BCUT2D eigenvalue weighted by Crippen LogP contribution is 2.11. The van der Waals surface area contributed by atoms with Gasteiger partial charge in [-0.25, -0.2) is 0 Å². The molecule has 0 aromatic heterocycles. The number of nitrogens with zero attached hydrogens (tertiary/aromatic N) is 1. The van der Waals surface area contributed by atoms with Crippen LogP contribution in [-0.2, 0) is 0 Å². The van der Waals surface area contributed by atoms with Crippen LogP contribution in [-0.4, -0.2) is 49.1 Å². The van der Waals surface area contributed by atoms with Crippen molar-refractivity contribution in [2.24, 2.45) is 0 Å². The normalized spacial score (nSPS) is 22.4. The molecule has 1 rings (SSSR count). The zero-order chi connectivity index (χ0) is 10.9. The van der Waals surface area contributed by atoms with E-state index in [4.69, 9.17) is 0 Å². The molecule has 3 heteroatoms. The first-order chi connectivity index (χ1) is 7.36. The first-order valence-electron chi connectivity index (χ1n) is 6.31. The topological polar surface area (TPSA) is 15.3 Å². The second-order valence-corrected chi connectivity index (χ2v) is 5.38. The van der Waals surface area contributed by atoms with E-state index in [9.17, 15) is 0 Å². The average Bonchev–Trinajstić information content (AvgIpc) is 2.66. The lowest BCUT2D eigenvalue weighted by Gasteiger charge is -2.15. The van der Waals surface area contributed by atoms with Crippen molar-refractivity contribution in [2.45, 2.75) is 38.6 Å². The summed E-state index contributed by atoms with van der Waals surface area (Å²) in [6.07, 6.45) is 7.73. The van der Waals surface area contributed by atoms with Crippen LogP contribution in [0, 0.1) is 0 Å². The highest BCUT2D eigenvalue weighted by Gasteiger charge is 2.20. The van der Waals surface area contributed by atoms with E-state index in [1.165, 1.54) is 51.1 Å². The standard InChI is InChI=1S/C12H26N2S/c1-3-13-12-7-9-14(11-12)8-5-4-6-10-15-2/h12-13H,3-11H2,1-2H3. The van der Waals surface area contributed by atoms with E-state index in [2.05, 4.69) is 23.4 Å². The molecule has 0 saturated carbocycles. The smallest absolute Gasteiger partial charge is 0.0207 e. The van der Waals surface area contributed by atoms with E-state index in [0.29, 0.717) is 0 Å². The van der Waals surface area contributed by atoms with Gasteiger partial charge in [0.05, 0.1) is 0 Å². The molecule has 0 aliphatic carbocycles. The van der Waals surface area contributed by atoms with E-state index in [-0.39, 0.29) is 0 Å². The summed E-state index contributed by atoms with van der Waals surface area (Å²) in [6, 6.07) is 0.765. The number of unbranched alkanes of at least 4 members (excludes halogenated alkanes) is 2. The van der Waals surface area contributed by atoms with Gasteiger partial charge >= 0.3 is 0 Å². The molecule has 0 amide bonds. The Labute approximate surface area is 99.2 Å². The van der Waals surface area contributed by atoms with Gasteiger partial charge in [0.25, 0.3) is 0 Å². The Morgan fingerprint density at radius 1 is 1.33 bits per heavy atom. The SMILES string of the molecule is CCNC1CCN(CCCCCSC)C1. The van der Waals surface area contributed by atoms with Gasteiger partial charge in [-0.2, -0.15) is 11.8 Å².